The topological polar surface area (TPSA) is 94.2 Å². The molecule has 1 N–H and O–H groups in total. The molecule has 1 rings (SSSR count). The van der Waals surface area contributed by atoms with Crippen LogP contribution in [0.4, 0.5) is 9.59 Å². The molecule has 0 radical (unpaired) electrons. The molecule has 1 atom stereocenters. The zero-order valence-electron chi connectivity index (χ0n) is 16.8. The van der Waals surface area contributed by atoms with Gasteiger partial charge in [-0.15, -0.1) is 0 Å². The Labute approximate surface area is 180 Å². The number of hydrazine groups is 1. The molecule has 0 aliphatic carbocycles. The summed E-state index contributed by atoms with van der Waals surface area (Å²) >= 11 is 7.32. The van der Waals surface area contributed by atoms with Gasteiger partial charge in [0.05, 0.1) is 31.4 Å². The van der Waals surface area contributed by atoms with E-state index in [9.17, 15) is 14.4 Å². The molecule has 0 aliphatic heterocycles. The van der Waals surface area contributed by atoms with Gasteiger partial charge in [0.1, 0.15) is 0 Å². The Morgan fingerprint density at radius 2 is 1.76 bits per heavy atom. The first kappa shape index (κ1) is 24.9. The van der Waals surface area contributed by atoms with Crippen LogP contribution in [0.3, 0.4) is 0 Å². The van der Waals surface area contributed by atoms with E-state index >= 15 is 0 Å². The van der Waals surface area contributed by atoms with Crippen LogP contribution in [-0.2, 0) is 14.2 Å². The van der Waals surface area contributed by atoms with Crippen molar-refractivity contribution < 1.29 is 28.6 Å². The van der Waals surface area contributed by atoms with Gasteiger partial charge in [0, 0.05) is 10.8 Å². The second-order valence-corrected chi connectivity index (χ2v) is 7.14. The van der Waals surface area contributed by atoms with Crippen LogP contribution >= 0.6 is 23.4 Å². The highest BCUT2D eigenvalue weighted by Gasteiger charge is 2.27. The predicted molar refractivity (Wildman–Crippen MR) is 112 cm³/mol. The molecule has 0 bridgehead atoms. The summed E-state index contributed by atoms with van der Waals surface area (Å²) in [6.07, 6.45) is 1.46. The van der Waals surface area contributed by atoms with Gasteiger partial charge in [-0.25, -0.2) is 24.8 Å². The highest BCUT2D eigenvalue weighted by atomic mass is 35.5. The van der Waals surface area contributed by atoms with Crippen LogP contribution in [0.1, 0.15) is 37.0 Å². The number of ether oxygens (including phenoxy) is 3. The van der Waals surface area contributed by atoms with Crippen molar-refractivity contribution in [1.29, 1.82) is 0 Å². The van der Waals surface area contributed by atoms with Gasteiger partial charge in [0.25, 0.3) is 0 Å². The minimum atomic E-state index is -0.735. The number of esters is 1. The molecular weight excluding hydrogens is 420 g/mol. The number of carbonyl (C=O) groups excluding carboxylic acids is 3. The molecule has 0 fully saturated rings. The van der Waals surface area contributed by atoms with Gasteiger partial charge < -0.3 is 14.2 Å². The molecule has 0 heterocycles. The molecule has 0 spiro atoms. The van der Waals surface area contributed by atoms with Crippen molar-refractivity contribution in [2.45, 2.75) is 32.7 Å². The normalized spacial score (nSPS) is 11.3. The Morgan fingerprint density at radius 3 is 2.34 bits per heavy atom. The van der Waals surface area contributed by atoms with E-state index in [0.717, 1.165) is 5.01 Å². The Balaban J connectivity index is 2.64. The maximum absolute atomic E-state index is 12.3. The van der Waals surface area contributed by atoms with Crippen LogP contribution < -0.4 is 5.43 Å². The van der Waals surface area contributed by atoms with E-state index in [1.54, 1.807) is 38.1 Å². The molecule has 1 aromatic rings. The number of amides is 2. The lowest BCUT2D eigenvalue weighted by atomic mass is 10.2. The number of nitrogens with zero attached hydrogens (tertiary/aromatic N) is 1. The molecule has 29 heavy (non-hydrogen) atoms. The average molecular weight is 447 g/mol. The van der Waals surface area contributed by atoms with Crippen LogP contribution in [0.25, 0.3) is 0 Å². The van der Waals surface area contributed by atoms with E-state index in [0.29, 0.717) is 29.2 Å². The number of halogens is 1. The first-order valence-corrected chi connectivity index (χ1v) is 11.0. The third-order valence-electron chi connectivity index (χ3n) is 3.67. The molecule has 10 heteroatoms. The van der Waals surface area contributed by atoms with Gasteiger partial charge in [-0.05, 0) is 57.2 Å². The second kappa shape index (κ2) is 13.9. The Kier molecular flexibility index (Phi) is 12.0. The minimum Gasteiger partial charge on any atom is -0.462 e. The van der Waals surface area contributed by atoms with Gasteiger partial charge in [-0.3, -0.25) is 0 Å². The van der Waals surface area contributed by atoms with E-state index < -0.39 is 18.2 Å². The van der Waals surface area contributed by atoms with Crippen LogP contribution in [0.2, 0.25) is 5.02 Å². The SMILES string of the molecule is CCOC(=O)NN(C(=O)OCC)[C@@H](CCCOC(=O)c1ccc(Cl)cc1)CSC. The Bertz CT molecular complexity index is 659. The summed E-state index contributed by atoms with van der Waals surface area (Å²) in [4.78, 5) is 36.1. The smallest absolute Gasteiger partial charge is 0.429 e. The fourth-order valence-electron chi connectivity index (χ4n) is 2.37. The zero-order chi connectivity index (χ0) is 21.6. The van der Waals surface area contributed by atoms with Crippen LogP contribution in [0.15, 0.2) is 24.3 Å². The van der Waals surface area contributed by atoms with Gasteiger partial charge in [0.2, 0.25) is 0 Å². The number of rotatable bonds is 10. The van der Waals surface area contributed by atoms with Crippen molar-refractivity contribution in [3.63, 3.8) is 0 Å². The van der Waals surface area contributed by atoms with E-state index in [1.165, 1.54) is 11.8 Å². The van der Waals surface area contributed by atoms with E-state index in [4.69, 9.17) is 25.8 Å². The largest absolute Gasteiger partial charge is 0.462 e. The summed E-state index contributed by atoms with van der Waals surface area (Å²) < 4.78 is 15.2. The first-order chi connectivity index (χ1) is 13.9. The van der Waals surface area contributed by atoms with Crippen molar-refractivity contribution >= 4 is 41.5 Å². The van der Waals surface area contributed by atoms with Gasteiger partial charge >= 0.3 is 18.2 Å². The Morgan fingerprint density at radius 1 is 1.10 bits per heavy atom. The lowest BCUT2D eigenvalue weighted by molar-refractivity contribution is 0.0447. The number of hydrogen-bond acceptors (Lipinski definition) is 7. The monoisotopic (exact) mass is 446 g/mol. The van der Waals surface area contributed by atoms with Gasteiger partial charge in [-0.1, -0.05) is 11.6 Å². The summed E-state index contributed by atoms with van der Waals surface area (Å²) in [6, 6.07) is 6.05. The molecule has 0 saturated heterocycles. The van der Waals surface area contributed by atoms with Crippen LogP contribution in [0.5, 0.6) is 0 Å². The Hall–Kier alpha value is -2.13. The number of carbonyl (C=O) groups is 3. The second-order valence-electron chi connectivity index (χ2n) is 5.80. The van der Waals surface area contributed by atoms with E-state index in [2.05, 4.69) is 5.43 Å². The summed E-state index contributed by atoms with van der Waals surface area (Å²) in [5, 5.41) is 1.67. The maximum atomic E-state index is 12.3. The molecule has 162 valence electrons. The van der Waals surface area contributed by atoms with Crippen molar-refractivity contribution in [2.75, 3.05) is 31.8 Å². The standard InChI is InChI=1S/C19H27ClN2O6S/c1-4-26-18(24)21-22(19(25)27-5-2)16(13-29-3)7-6-12-28-17(23)14-8-10-15(20)11-9-14/h8-11,16H,4-7,12-13H2,1-3H3,(H,21,24)/t16-/m0/s1. The van der Waals surface area contributed by atoms with Crippen molar-refractivity contribution in [2.24, 2.45) is 0 Å². The van der Waals surface area contributed by atoms with Crippen molar-refractivity contribution in [3.8, 4) is 0 Å². The maximum Gasteiger partial charge on any atom is 0.429 e. The van der Waals surface area contributed by atoms with E-state index in [-0.39, 0.29) is 25.9 Å². The van der Waals surface area contributed by atoms with Gasteiger partial charge in [0.15, 0.2) is 0 Å². The van der Waals surface area contributed by atoms with Gasteiger partial charge in [-0.2, -0.15) is 11.8 Å². The third-order valence-corrected chi connectivity index (χ3v) is 4.64. The first-order valence-electron chi connectivity index (χ1n) is 9.23. The molecular formula is C19H27ClN2O6S. The lowest BCUT2D eigenvalue weighted by Crippen LogP contribution is -2.53. The fraction of sp³-hybridized carbons (Fsp3) is 0.526. The number of benzene rings is 1. The van der Waals surface area contributed by atoms with Crippen LogP contribution in [-0.4, -0.2) is 61.0 Å². The highest BCUT2D eigenvalue weighted by molar-refractivity contribution is 7.98. The predicted octanol–water partition coefficient (Wildman–Crippen LogP) is 4.13. The summed E-state index contributed by atoms with van der Waals surface area (Å²) in [5.41, 5.74) is 2.84. The summed E-state index contributed by atoms with van der Waals surface area (Å²) in [5.74, 6) is 0.103. The van der Waals surface area contributed by atoms with Crippen molar-refractivity contribution in [1.82, 2.24) is 10.4 Å². The van der Waals surface area contributed by atoms with E-state index in [1.807, 2.05) is 6.26 Å². The number of nitrogens with one attached hydrogen (secondary N) is 1. The van der Waals surface area contributed by atoms with Crippen molar-refractivity contribution in [3.05, 3.63) is 34.9 Å². The molecule has 1 aromatic carbocycles. The average Bonchev–Trinajstić information content (AvgIpc) is 2.69. The zero-order valence-corrected chi connectivity index (χ0v) is 18.4. The summed E-state index contributed by atoms with van der Waals surface area (Å²) in [6.45, 7) is 3.87. The quantitative estimate of drug-likeness (QED) is 0.250. The number of hydrogen-bond donors (Lipinski definition) is 1. The van der Waals surface area contributed by atoms with Crippen LogP contribution in [0, 0.1) is 0 Å². The third kappa shape index (κ3) is 9.27. The number of thioether (sulfide) groups is 1. The fourth-order valence-corrected chi connectivity index (χ4v) is 3.20. The summed E-state index contributed by atoms with van der Waals surface area (Å²) in [7, 11) is 0. The highest BCUT2D eigenvalue weighted by Crippen LogP contribution is 2.14. The molecule has 0 saturated carbocycles. The minimum absolute atomic E-state index is 0.169. The molecule has 0 aliphatic rings. The molecule has 0 unspecified atom stereocenters. The molecule has 2 amide bonds. The molecule has 0 aromatic heterocycles. The molecule has 8 nitrogen and oxygen atoms in total. The lowest BCUT2D eigenvalue weighted by Gasteiger charge is -2.30.